The Bertz CT molecular complexity index is 518. The molecule has 96 valence electrons. The Morgan fingerprint density at radius 3 is 2.11 bits per heavy atom. The maximum atomic E-state index is 12.1. The molecule has 18 heavy (non-hydrogen) atoms. The number of benzene rings is 1. The minimum atomic E-state index is -0.615. The van der Waals surface area contributed by atoms with Gasteiger partial charge in [0.05, 0.1) is 18.3 Å². The summed E-state index contributed by atoms with van der Waals surface area (Å²) in [5.74, 6) is 0.472. The van der Waals surface area contributed by atoms with E-state index >= 15 is 0 Å². The van der Waals surface area contributed by atoms with E-state index in [1.165, 1.54) is 0 Å². The van der Waals surface area contributed by atoms with Crippen molar-refractivity contribution in [3.63, 3.8) is 0 Å². The molecule has 0 radical (unpaired) electrons. The number of carbonyl (C=O) groups is 1. The minimum Gasteiger partial charge on any atom is -0.497 e. The Labute approximate surface area is 106 Å². The molecule has 0 aromatic heterocycles. The lowest BCUT2D eigenvalue weighted by atomic mass is 10.0. The third kappa shape index (κ3) is 1.59. The molecule has 0 bridgehead atoms. The second kappa shape index (κ2) is 3.94. The van der Waals surface area contributed by atoms with Crippen LogP contribution < -0.4 is 21.1 Å². The van der Waals surface area contributed by atoms with Crippen molar-refractivity contribution in [2.24, 2.45) is 11.5 Å². The maximum absolute atomic E-state index is 12.1. The van der Waals surface area contributed by atoms with Crippen molar-refractivity contribution in [1.29, 1.82) is 0 Å². The third-order valence-corrected chi connectivity index (χ3v) is 3.27. The Hall–Kier alpha value is -2.17. The maximum Gasteiger partial charge on any atom is 0.276 e. The quantitative estimate of drug-likeness (QED) is 0.815. The smallest absolute Gasteiger partial charge is 0.276 e. The Morgan fingerprint density at radius 1 is 1.17 bits per heavy atom. The molecule has 1 aliphatic rings. The van der Waals surface area contributed by atoms with E-state index in [-0.39, 0.29) is 11.6 Å². The molecule has 0 aliphatic carbocycles. The van der Waals surface area contributed by atoms with E-state index in [9.17, 15) is 4.79 Å². The van der Waals surface area contributed by atoms with E-state index < -0.39 is 5.54 Å². The van der Waals surface area contributed by atoms with E-state index in [1.54, 1.807) is 24.1 Å². The van der Waals surface area contributed by atoms with Crippen molar-refractivity contribution in [2.45, 2.75) is 19.4 Å². The van der Waals surface area contributed by atoms with E-state index in [0.29, 0.717) is 5.70 Å². The lowest BCUT2D eigenvalue weighted by Gasteiger charge is -2.32. The van der Waals surface area contributed by atoms with Gasteiger partial charge in [-0.3, -0.25) is 9.69 Å². The van der Waals surface area contributed by atoms with E-state index in [1.807, 2.05) is 26.0 Å². The largest absolute Gasteiger partial charge is 0.497 e. The summed E-state index contributed by atoms with van der Waals surface area (Å²) in [6, 6.07) is 7.21. The predicted octanol–water partition coefficient (Wildman–Crippen LogP) is 0.949. The van der Waals surface area contributed by atoms with Gasteiger partial charge < -0.3 is 16.2 Å². The average Bonchev–Trinajstić information content (AvgIpc) is 2.51. The summed E-state index contributed by atoms with van der Waals surface area (Å²) < 4.78 is 5.09. The molecule has 0 fully saturated rings. The van der Waals surface area contributed by atoms with Gasteiger partial charge in [-0.05, 0) is 38.1 Å². The summed E-state index contributed by atoms with van der Waals surface area (Å²) in [6.07, 6.45) is 0. The van der Waals surface area contributed by atoms with Gasteiger partial charge in [0.25, 0.3) is 5.91 Å². The number of anilines is 1. The number of nitrogens with two attached hydrogens (primary N) is 2. The number of methoxy groups -OCH3 is 1. The number of ether oxygens (including phenoxy) is 1. The SMILES string of the molecule is COc1ccc(N2C(=O)C(N)=C(N)C2(C)C)cc1. The molecule has 0 spiro atoms. The van der Waals surface area contributed by atoms with Gasteiger partial charge in [-0.25, -0.2) is 0 Å². The van der Waals surface area contributed by atoms with Crippen LogP contribution in [0.4, 0.5) is 5.69 Å². The van der Waals surface area contributed by atoms with Crippen LogP contribution in [0.2, 0.25) is 0 Å². The number of carbonyl (C=O) groups excluding carboxylic acids is 1. The Balaban J connectivity index is 2.43. The zero-order valence-electron chi connectivity index (χ0n) is 10.7. The minimum absolute atomic E-state index is 0.121. The van der Waals surface area contributed by atoms with Gasteiger partial charge in [-0.1, -0.05) is 0 Å². The molecule has 1 heterocycles. The van der Waals surface area contributed by atoms with E-state index in [0.717, 1.165) is 11.4 Å². The van der Waals surface area contributed by atoms with Crippen LogP contribution in [0.25, 0.3) is 0 Å². The van der Waals surface area contributed by atoms with Crippen LogP contribution in [-0.2, 0) is 4.79 Å². The van der Waals surface area contributed by atoms with Crippen LogP contribution in [0, 0.1) is 0 Å². The monoisotopic (exact) mass is 247 g/mol. The molecular weight excluding hydrogens is 230 g/mol. The standard InChI is InChI=1S/C13H17N3O2/c1-13(2)11(15)10(14)12(17)16(13)8-4-6-9(18-3)7-5-8/h4-7H,14-15H2,1-3H3. The van der Waals surface area contributed by atoms with Gasteiger partial charge in [0, 0.05) is 5.69 Å². The highest BCUT2D eigenvalue weighted by molar-refractivity contribution is 6.10. The molecule has 5 heteroatoms. The highest BCUT2D eigenvalue weighted by atomic mass is 16.5. The first-order valence-corrected chi connectivity index (χ1v) is 5.64. The van der Waals surface area contributed by atoms with Gasteiger partial charge >= 0.3 is 0 Å². The normalized spacial score (nSPS) is 18.4. The molecule has 1 aromatic carbocycles. The fourth-order valence-electron chi connectivity index (χ4n) is 2.11. The molecule has 0 saturated carbocycles. The number of amides is 1. The van der Waals surface area contributed by atoms with Gasteiger partial charge in [0.2, 0.25) is 0 Å². The first-order valence-electron chi connectivity index (χ1n) is 5.64. The third-order valence-electron chi connectivity index (χ3n) is 3.27. The van der Waals surface area contributed by atoms with Crippen LogP contribution in [0.5, 0.6) is 5.75 Å². The first-order chi connectivity index (χ1) is 8.39. The summed E-state index contributed by atoms with van der Waals surface area (Å²) in [4.78, 5) is 13.7. The summed E-state index contributed by atoms with van der Waals surface area (Å²) in [5.41, 5.74) is 12.3. The summed E-state index contributed by atoms with van der Waals surface area (Å²) >= 11 is 0. The van der Waals surface area contributed by atoms with Gasteiger partial charge in [-0.15, -0.1) is 0 Å². The van der Waals surface area contributed by atoms with E-state index in [4.69, 9.17) is 16.2 Å². The van der Waals surface area contributed by atoms with Crippen LogP contribution in [0.1, 0.15) is 13.8 Å². The van der Waals surface area contributed by atoms with Crippen LogP contribution >= 0.6 is 0 Å². The average molecular weight is 247 g/mol. The second-order valence-corrected chi connectivity index (χ2v) is 4.72. The number of nitrogens with zero attached hydrogens (tertiary/aromatic N) is 1. The molecule has 1 aliphatic heterocycles. The van der Waals surface area contributed by atoms with Crippen molar-refractivity contribution < 1.29 is 9.53 Å². The lowest BCUT2D eigenvalue weighted by Crippen LogP contribution is -2.45. The van der Waals surface area contributed by atoms with Crippen LogP contribution in [0.3, 0.4) is 0 Å². The summed E-state index contributed by atoms with van der Waals surface area (Å²) in [5, 5.41) is 0. The van der Waals surface area contributed by atoms with Crippen LogP contribution in [-0.4, -0.2) is 18.6 Å². The Kier molecular flexibility index (Phi) is 2.69. The molecule has 5 nitrogen and oxygen atoms in total. The summed E-state index contributed by atoms with van der Waals surface area (Å²) in [6.45, 7) is 3.73. The molecule has 2 rings (SSSR count). The molecule has 0 saturated heterocycles. The fraction of sp³-hybridized carbons (Fsp3) is 0.308. The second-order valence-electron chi connectivity index (χ2n) is 4.72. The van der Waals surface area contributed by atoms with Crippen molar-refractivity contribution in [3.05, 3.63) is 35.7 Å². The van der Waals surface area contributed by atoms with E-state index in [2.05, 4.69) is 0 Å². The molecule has 4 N–H and O–H groups in total. The zero-order chi connectivity index (χ0) is 13.5. The van der Waals surface area contributed by atoms with Gasteiger partial charge in [0.1, 0.15) is 11.4 Å². The van der Waals surface area contributed by atoms with Crippen molar-refractivity contribution >= 4 is 11.6 Å². The van der Waals surface area contributed by atoms with Crippen molar-refractivity contribution in [1.82, 2.24) is 0 Å². The number of rotatable bonds is 2. The zero-order valence-corrected chi connectivity index (χ0v) is 10.7. The molecule has 1 amide bonds. The highest BCUT2D eigenvalue weighted by Crippen LogP contribution is 2.35. The topological polar surface area (TPSA) is 81.6 Å². The predicted molar refractivity (Wildman–Crippen MR) is 70.0 cm³/mol. The fourth-order valence-corrected chi connectivity index (χ4v) is 2.11. The molecule has 1 aromatic rings. The van der Waals surface area contributed by atoms with Gasteiger partial charge in [-0.2, -0.15) is 0 Å². The highest BCUT2D eigenvalue weighted by Gasteiger charge is 2.43. The van der Waals surface area contributed by atoms with Crippen molar-refractivity contribution in [3.8, 4) is 5.75 Å². The van der Waals surface area contributed by atoms with Gasteiger partial charge in [0.15, 0.2) is 0 Å². The Morgan fingerprint density at radius 2 is 1.72 bits per heavy atom. The summed E-state index contributed by atoms with van der Waals surface area (Å²) in [7, 11) is 1.59. The molecule has 0 atom stereocenters. The number of hydrogen-bond acceptors (Lipinski definition) is 4. The number of hydrogen-bond donors (Lipinski definition) is 2. The van der Waals surface area contributed by atoms with Crippen LogP contribution in [0.15, 0.2) is 35.7 Å². The molecule has 0 unspecified atom stereocenters. The molecular formula is C13H17N3O2. The lowest BCUT2D eigenvalue weighted by molar-refractivity contribution is -0.115. The first kappa shape index (κ1) is 12.3. The van der Waals surface area contributed by atoms with Crippen molar-refractivity contribution in [2.75, 3.05) is 12.0 Å².